The number of aromatic hydroxyl groups is 1. The smallest absolute Gasteiger partial charge is 0.335 e. The fraction of sp³-hybridized carbons (Fsp3) is 0.0833. The van der Waals surface area contributed by atoms with Gasteiger partial charge in [-0.3, -0.25) is 0 Å². The third kappa shape index (κ3) is 1.92. The monoisotopic (exact) mass is 234 g/mol. The summed E-state index contributed by atoms with van der Waals surface area (Å²) in [5, 5.41) is 18.5. The van der Waals surface area contributed by atoms with Crippen LogP contribution >= 0.6 is 11.3 Å². The fourth-order valence-corrected chi connectivity index (χ4v) is 2.35. The summed E-state index contributed by atoms with van der Waals surface area (Å²) in [5.74, 6) is -1.04. The Hall–Kier alpha value is -1.81. The first kappa shape index (κ1) is 10.7. The van der Waals surface area contributed by atoms with Gasteiger partial charge in [0, 0.05) is 15.3 Å². The first-order valence-corrected chi connectivity index (χ1v) is 5.52. The van der Waals surface area contributed by atoms with Gasteiger partial charge >= 0.3 is 5.97 Å². The third-order valence-electron chi connectivity index (χ3n) is 2.25. The normalized spacial score (nSPS) is 10.3. The van der Waals surface area contributed by atoms with Gasteiger partial charge < -0.3 is 10.2 Å². The predicted octanol–water partition coefficient (Wildman–Crippen LogP) is 3.13. The van der Waals surface area contributed by atoms with Crippen molar-refractivity contribution < 1.29 is 15.0 Å². The largest absolute Gasteiger partial charge is 0.507 e. The number of phenols is 1. The first-order chi connectivity index (χ1) is 7.58. The minimum atomic E-state index is -1.04. The van der Waals surface area contributed by atoms with Crippen LogP contribution < -0.4 is 0 Å². The molecule has 2 aromatic rings. The van der Waals surface area contributed by atoms with E-state index in [0.717, 1.165) is 9.75 Å². The molecule has 0 aliphatic heterocycles. The molecule has 0 amide bonds. The minimum Gasteiger partial charge on any atom is -0.507 e. The molecule has 0 aliphatic carbocycles. The molecule has 3 nitrogen and oxygen atoms in total. The highest BCUT2D eigenvalue weighted by Gasteiger charge is 2.10. The average Bonchev–Trinajstić information content (AvgIpc) is 2.64. The summed E-state index contributed by atoms with van der Waals surface area (Å²) in [5.41, 5.74) is 0.762. The van der Waals surface area contributed by atoms with E-state index in [1.54, 1.807) is 17.4 Å². The molecule has 2 rings (SSSR count). The zero-order valence-corrected chi connectivity index (χ0v) is 9.41. The molecule has 0 unspecified atom stereocenters. The summed E-state index contributed by atoms with van der Waals surface area (Å²) in [6.45, 7) is 1.98. The lowest BCUT2D eigenvalue weighted by Gasteiger charge is -2.02. The number of carboxylic acids is 1. The van der Waals surface area contributed by atoms with Crippen molar-refractivity contribution in [3.8, 4) is 16.2 Å². The van der Waals surface area contributed by atoms with Gasteiger partial charge in [0.1, 0.15) is 5.75 Å². The van der Waals surface area contributed by atoms with E-state index >= 15 is 0 Å². The Morgan fingerprint density at radius 2 is 2.00 bits per heavy atom. The molecule has 0 aliphatic rings. The number of phenolic OH excluding ortho intramolecular Hbond substituents is 1. The summed E-state index contributed by atoms with van der Waals surface area (Å²) >= 11 is 1.56. The molecule has 16 heavy (non-hydrogen) atoms. The molecule has 0 saturated heterocycles. The Morgan fingerprint density at radius 1 is 1.25 bits per heavy atom. The molecule has 0 fully saturated rings. The van der Waals surface area contributed by atoms with Crippen molar-refractivity contribution >= 4 is 17.3 Å². The number of hydrogen-bond donors (Lipinski definition) is 2. The van der Waals surface area contributed by atoms with Gasteiger partial charge in [-0.15, -0.1) is 11.3 Å². The maximum Gasteiger partial charge on any atom is 0.335 e. The Kier molecular flexibility index (Phi) is 2.66. The number of hydrogen-bond acceptors (Lipinski definition) is 3. The van der Waals surface area contributed by atoms with E-state index in [2.05, 4.69) is 0 Å². The van der Waals surface area contributed by atoms with Gasteiger partial charge in [-0.05, 0) is 37.3 Å². The zero-order chi connectivity index (χ0) is 11.7. The highest BCUT2D eigenvalue weighted by molar-refractivity contribution is 7.15. The van der Waals surface area contributed by atoms with Gasteiger partial charge in [0.2, 0.25) is 0 Å². The van der Waals surface area contributed by atoms with Crippen LogP contribution in [0.3, 0.4) is 0 Å². The number of carboxylic acid groups (broad SMARTS) is 1. The van der Waals surface area contributed by atoms with E-state index in [0.29, 0.717) is 5.56 Å². The van der Waals surface area contributed by atoms with Crippen LogP contribution in [0.4, 0.5) is 0 Å². The van der Waals surface area contributed by atoms with E-state index < -0.39 is 5.97 Å². The van der Waals surface area contributed by atoms with Crippen LogP contribution in [-0.2, 0) is 0 Å². The van der Waals surface area contributed by atoms with Crippen LogP contribution in [0.5, 0.6) is 5.75 Å². The molecule has 0 atom stereocenters. The van der Waals surface area contributed by atoms with Crippen LogP contribution in [0.25, 0.3) is 10.4 Å². The minimum absolute atomic E-state index is 0.00162. The molecular formula is C12H10O3S. The van der Waals surface area contributed by atoms with Crippen LogP contribution in [0.2, 0.25) is 0 Å². The molecule has 2 N–H and O–H groups in total. The van der Waals surface area contributed by atoms with Crippen molar-refractivity contribution in [2.24, 2.45) is 0 Å². The number of aryl methyl sites for hydroxylation is 1. The van der Waals surface area contributed by atoms with Gasteiger partial charge in [0.15, 0.2) is 0 Å². The number of benzene rings is 1. The highest BCUT2D eigenvalue weighted by atomic mass is 32.1. The van der Waals surface area contributed by atoms with Crippen molar-refractivity contribution in [3.05, 3.63) is 40.8 Å². The summed E-state index contributed by atoms with van der Waals surface area (Å²) in [6.07, 6.45) is 0. The SMILES string of the molecule is Cc1ccc(-c2ccc(C(=O)O)cc2O)s1. The van der Waals surface area contributed by atoms with Crippen LogP contribution in [0.1, 0.15) is 15.2 Å². The number of aromatic carboxylic acids is 1. The Morgan fingerprint density at radius 3 is 2.50 bits per heavy atom. The van der Waals surface area contributed by atoms with E-state index in [1.165, 1.54) is 12.1 Å². The topological polar surface area (TPSA) is 57.5 Å². The van der Waals surface area contributed by atoms with E-state index in [1.807, 2.05) is 19.1 Å². The summed E-state index contributed by atoms with van der Waals surface area (Å²) in [7, 11) is 0. The van der Waals surface area contributed by atoms with Gasteiger partial charge in [-0.2, -0.15) is 0 Å². The van der Waals surface area contributed by atoms with E-state index in [-0.39, 0.29) is 11.3 Å². The van der Waals surface area contributed by atoms with E-state index in [4.69, 9.17) is 5.11 Å². The maximum atomic E-state index is 10.7. The van der Waals surface area contributed by atoms with Gasteiger partial charge in [0.05, 0.1) is 5.56 Å². The molecule has 0 radical (unpaired) electrons. The lowest BCUT2D eigenvalue weighted by Crippen LogP contribution is -1.95. The van der Waals surface area contributed by atoms with Crippen molar-refractivity contribution in [3.63, 3.8) is 0 Å². The summed E-state index contributed by atoms with van der Waals surface area (Å²) < 4.78 is 0. The first-order valence-electron chi connectivity index (χ1n) is 4.71. The van der Waals surface area contributed by atoms with Gasteiger partial charge in [-0.1, -0.05) is 0 Å². The molecular weight excluding hydrogens is 224 g/mol. The predicted molar refractivity (Wildman–Crippen MR) is 63.1 cm³/mol. The molecule has 0 spiro atoms. The number of rotatable bonds is 2. The Balaban J connectivity index is 2.47. The number of carbonyl (C=O) groups is 1. The molecule has 1 aromatic heterocycles. The van der Waals surface area contributed by atoms with Gasteiger partial charge in [-0.25, -0.2) is 4.79 Å². The molecule has 82 valence electrons. The lowest BCUT2D eigenvalue weighted by molar-refractivity contribution is 0.0696. The average molecular weight is 234 g/mol. The number of thiophene rings is 1. The molecule has 0 saturated carbocycles. The zero-order valence-electron chi connectivity index (χ0n) is 8.60. The second-order valence-electron chi connectivity index (χ2n) is 3.45. The van der Waals surface area contributed by atoms with Crippen molar-refractivity contribution in [2.75, 3.05) is 0 Å². The fourth-order valence-electron chi connectivity index (χ4n) is 1.45. The van der Waals surface area contributed by atoms with Crippen molar-refractivity contribution in [1.29, 1.82) is 0 Å². The molecule has 1 heterocycles. The third-order valence-corrected chi connectivity index (χ3v) is 3.28. The summed E-state index contributed by atoms with van der Waals surface area (Å²) in [4.78, 5) is 12.8. The summed E-state index contributed by atoms with van der Waals surface area (Å²) in [6, 6.07) is 8.27. The van der Waals surface area contributed by atoms with Crippen molar-refractivity contribution in [1.82, 2.24) is 0 Å². The highest BCUT2D eigenvalue weighted by Crippen LogP contribution is 2.34. The quantitative estimate of drug-likeness (QED) is 0.839. The van der Waals surface area contributed by atoms with Gasteiger partial charge in [0.25, 0.3) is 0 Å². The van der Waals surface area contributed by atoms with Crippen LogP contribution in [-0.4, -0.2) is 16.2 Å². The van der Waals surface area contributed by atoms with Crippen molar-refractivity contribution in [2.45, 2.75) is 6.92 Å². The Bertz CT molecular complexity index is 543. The van der Waals surface area contributed by atoms with Crippen LogP contribution in [0.15, 0.2) is 30.3 Å². The lowest BCUT2D eigenvalue weighted by atomic mass is 10.1. The molecule has 1 aromatic carbocycles. The Labute approximate surface area is 96.6 Å². The molecule has 0 bridgehead atoms. The van der Waals surface area contributed by atoms with E-state index in [9.17, 15) is 9.90 Å². The maximum absolute atomic E-state index is 10.7. The molecule has 4 heteroatoms. The standard InChI is InChI=1S/C12H10O3S/c1-7-2-5-11(16-7)9-4-3-8(12(14)15)6-10(9)13/h2-6,13H,1H3,(H,14,15). The second kappa shape index (κ2) is 3.98. The second-order valence-corrected chi connectivity index (χ2v) is 4.74. The van der Waals surface area contributed by atoms with Crippen LogP contribution in [0, 0.1) is 6.92 Å².